The maximum atomic E-state index is 12.2. The highest BCUT2D eigenvalue weighted by Crippen LogP contribution is 2.39. The van der Waals surface area contributed by atoms with Crippen molar-refractivity contribution in [3.8, 4) is 0 Å². The molecule has 1 aromatic heterocycles. The van der Waals surface area contributed by atoms with E-state index >= 15 is 0 Å². The quantitative estimate of drug-likeness (QED) is 0.891. The van der Waals surface area contributed by atoms with Crippen LogP contribution in [0.25, 0.3) is 0 Å². The van der Waals surface area contributed by atoms with Crippen molar-refractivity contribution in [1.29, 1.82) is 0 Å². The standard InChI is InChI=1S/C12H12N4OS/c1-16-7-13-15-12(16)14-11(17)9-6-18-10-5-3-2-4-8(9)10/h2-5,7,9H,6H2,1H3,(H,14,15,17). The largest absolute Gasteiger partial charge is 0.303 e. The van der Waals surface area contributed by atoms with Gasteiger partial charge >= 0.3 is 0 Å². The Labute approximate surface area is 109 Å². The molecule has 0 saturated carbocycles. The molecule has 0 radical (unpaired) electrons. The van der Waals surface area contributed by atoms with Crippen molar-refractivity contribution in [3.05, 3.63) is 36.2 Å². The van der Waals surface area contributed by atoms with Crippen LogP contribution in [0.2, 0.25) is 0 Å². The number of nitrogens with one attached hydrogen (secondary N) is 1. The predicted molar refractivity (Wildman–Crippen MR) is 69.5 cm³/mol. The molecule has 0 saturated heterocycles. The Kier molecular flexibility index (Phi) is 2.79. The molecule has 2 heterocycles. The summed E-state index contributed by atoms with van der Waals surface area (Å²) < 4.78 is 1.69. The zero-order valence-corrected chi connectivity index (χ0v) is 10.6. The molecule has 0 fully saturated rings. The summed E-state index contributed by atoms with van der Waals surface area (Å²) in [4.78, 5) is 13.4. The van der Waals surface area contributed by atoms with Gasteiger partial charge in [0.2, 0.25) is 11.9 Å². The molecule has 5 nitrogen and oxygen atoms in total. The number of fused-ring (bicyclic) bond motifs is 1. The summed E-state index contributed by atoms with van der Waals surface area (Å²) in [6, 6.07) is 8.02. The van der Waals surface area contributed by atoms with Crippen LogP contribution in [0.15, 0.2) is 35.5 Å². The molecule has 1 N–H and O–H groups in total. The number of hydrogen-bond donors (Lipinski definition) is 1. The van der Waals surface area contributed by atoms with Gasteiger partial charge in [0.1, 0.15) is 6.33 Å². The van der Waals surface area contributed by atoms with Gasteiger partial charge in [-0.25, -0.2) is 0 Å². The number of benzene rings is 1. The maximum Gasteiger partial charge on any atom is 0.235 e. The highest BCUT2D eigenvalue weighted by atomic mass is 32.2. The minimum absolute atomic E-state index is 0.0245. The van der Waals surface area contributed by atoms with Crippen LogP contribution in [0.1, 0.15) is 11.5 Å². The fourth-order valence-electron chi connectivity index (χ4n) is 1.97. The van der Waals surface area contributed by atoms with E-state index in [1.165, 1.54) is 4.90 Å². The third-order valence-corrected chi connectivity index (χ3v) is 4.15. The van der Waals surface area contributed by atoms with Crippen LogP contribution in [-0.4, -0.2) is 26.4 Å². The monoisotopic (exact) mass is 260 g/mol. The van der Waals surface area contributed by atoms with E-state index < -0.39 is 0 Å². The van der Waals surface area contributed by atoms with Crippen LogP contribution in [0.5, 0.6) is 0 Å². The highest BCUT2D eigenvalue weighted by Gasteiger charge is 2.29. The van der Waals surface area contributed by atoms with Crippen LogP contribution in [0.3, 0.4) is 0 Å². The van der Waals surface area contributed by atoms with Gasteiger partial charge in [-0.15, -0.1) is 22.0 Å². The summed E-state index contributed by atoms with van der Waals surface area (Å²) >= 11 is 1.72. The maximum absolute atomic E-state index is 12.2. The summed E-state index contributed by atoms with van der Waals surface area (Å²) in [5.74, 6) is 1.13. The van der Waals surface area contributed by atoms with Crippen LogP contribution >= 0.6 is 11.8 Å². The second-order valence-electron chi connectivity index (χ2n) is 4.16. The van der Waals surface area contributed by atoms with E-state index in [1.807, 2.05) is 18.2 Å². The minimum atomic E-state index is -0.108. The van der Waals surface area contributed by atoms with E-state index in [9.17, 15) is 4.79 Å². The van der Waals surface area contributed by atoms with Gasteiger partial charge in [0.15, 0.2) is 0 Å². The molecule has 3 rings (SSSR count). The Morgan fingerprint density at radius 2 is 2.33 bits per heavy atom. The molecule has 1 atom stereocenters. The van der Waals surface area contributed by atoms with Gasteiger partial charge in [0, 0.05) is 17.7 Å². The fourth-order valence-corrected chi connectivity index (χ4v) is 3.20. The highest BCUT2D eigenvalue weighted by molar-refractivity contribution is 7.99. The lowest BCUT2D eigenvalue weighted by atomic mass is 10.0. The average molecular weight is 260 g/mol. The number of nitrogens with zero attached hydrogens (tertiary/aromatic N) is 3. The van der Waals surface area contributed by atoms with Crippen molar-refractivity contribution >= 4 is 23.6 Å². The van der Waals surface area contributed by atoms with Gasteiger partial charge in [-0.3, -0.25) is 10.1 Å². The third-order valence-electron chi connectivity index (χ3n) is 2.96. The van der Waals surface area contributed by atoms with E-state index in [2.05, 4.69) is 21.6 Å². The van der Waals surface area contributed by atoms with E-state index in [0.29, 0.717) is 5.95 Å². The number of carbonyl (C=O) groups is 1. The number of carbonyl (C=O) groups excluding carboxylic acids is 1. The zero-order chi connectivity index (χ0) is 12.5. The lowest BCUT2D eigenvalue weighted by molar-refractivity contribution is -0.117. The van der Waals surface area contributed by atoms with Gasteiger partial charge in [-0.2, -0.15) is 0 Å². The van der Waals surface area contributed by atoms with E-state index in [-0.39, 0.29) is 11.8 Å². The normalized spacial score (nSPS) is 17.5. The average Bonchev–Trinajstić information content (AvgIpc) is 2.96. The second kappa shape index (κ2) is 4.45. The topological polar surface area (TPSA) is 59.8 Å². The van der Waals surface area contributed by atoms with Gasteiger partial charge in [-0.05, 0) is 11.6 Å². The smallest absolute Gasteiger partial charge is 0.235 e. The number of thioether (sulfide) groups is 1. The van der Waals surface area contributed by atoms with E-state index in [4.69, 9.17) is 0 Å². The minimum Gasteiger partial charge on any atom is -0.303 e. The third kappa shape index (κ3) is 1.88. The molecule has 0 bridgehead atoms. The lowest BCUT2D eigenvalue weighted by Gasteiger charge is -2.10. The molecular weight excluding hydrogens is 248 g/mol. The molecule has 6 heteroatoms. The second-order valence-corrected chi connectivity index (χ2v) is 5.22. The SMILES string of the molecule is Cn1cnnc1NC(=O)C1CSc2ccccc21. The van der Waals surface area contributed by atoms with Crippen molar-refractivity contribution in [3.63, 3.8) is 0 Å². The molecule has 0 aliphatic carbocycles. The molecule has 18 heavy (non-hydrogen) atoms. The van der Waals surface area contributed by atoms with Gasteiger partial charge in [0.25, 0.3) is 0 Å². The summed E-state index contributed by atoms with van der Waals surface area (Å²) in [5.41, 5.74) is 1.10. The van der Waals surface area contributed by atoms with Gasteiger partial charge in [-0.1, -0.05) is 18.2 Å². The van der Waals surface area contributed by atoms with Crippen molar-refractivity contribution in [2.24, 2.45) is 7.05 Å². The fraction of sp³-hybridized carbons (Fsp3) is 0.250. The van der Waals surface area contributed by atoms with Crippen molar-refractivity contribution < 1.29 is 4.79 Å². The van der Waals surface area contributed by atoms with Crippen molar-refractivity contribution in [2.45, 2.75) is 10.8 Å². The molecule has 1 aromatic carbocycles. The van der Waals surface area contributed by atoms with E-state index in [1.54, 1.807) is 29.7 Å². The van der Waals surface area contributed by atoms with Crippen LogP contribution in [0.4, 0.5) is 5.95 Å². The molecule has 1 unspecified atom stereocenters. The first-order chi connectivity index (χ1) is 8.75. The summed E-state index contributed by atoms with van der Waals surface area (Å²) in [7, 11) is 1.80. The molecule has 0 spiro atoms. The molecule has 2 aromatic rings. The van der Waals surface area contributed by atoms with Crippen molar-refractivity contribution in [2.75, 3.05) is 11.1 Å². The van der Waals surface area contributed by atoms with Crippen molar-refractivity contribution in [1.82, 2.24) is 14.8 Å². The first-order valence-corrected chi connectivity index (χ1v) is 6.61. The predicted octanol–water partition coefficient (Wildman–Crippen LogP) is 1.64. The Balaban J connectivity index is 1.81. The van der Waals surface area contributed by atoms with Crippen LogP contribution < -0.4 is 5.32 Å². The van der Waals surface area contributed by atoms with Gasteiger partial charge in [0.05, 0.1) is 5.92 Å². The van der Waals surface area contributed by atoms with Crippen LogP contribution in [-0.2, 0) is 11.8 Å². The number of anilines is 1. The molecule has 1 aliphatic rings. The Morgan fingerprint density at radius 3 is 3.11 bits per heavy atom. The Hall–Kier alpha value is -1.82. The first-order valence-electron chi connectivity index (χ1n) is 5.62. The molecule has 1 aliphatic heterocycles. The molecule has 1 amide bonds. The lowest BCUT2D eigenvalue weighted by Crippen LogP contribution is -2.22. The Morgan fingerprint density at radius 1 is 1.50 bits per heavy atom. The molecule has 92 valence electrons. The number of aryl methyl sites for hydroxylation is 1. The summed E-state index contributed by atoms with van der Waals surface area (Å²) in [6.45, 7) is 0. The molecular formula is C12H12N4OS. The van der Waals surface area contributed by atoms with E-state index in [0.717, 1.165) is 11.3 Å². The number of aromatic nitrogens is 3. The zero-order valence-electron chi connectivity index (χ0n) is 9.83. The number of rotatable bonds is 2. The first kappa shape index (κ1) is 11.3. The summed E-state index contributed by atoms with van der Waals surface area (Å²) in [6.07, 6.45) is 1.56. The van der Waals surface area contributed by atoms with Gasteiger partial charge < -0.3 is 4.57 Å². The number of amides is 1. The Bertz CT molecular complexity index is 595. The summed E-state index contributed by atoms with van der Waals surface area (Å²) in [5, 5.41) is 10.4. The number of hydrogen-bond acceptors (Lipinski definition) is 4. The van der Waals surface area contributed by atoms with Crippen LogP contribution in [0, 0.1) is 0 Å².